The van der Waals surface area contributed by atoms with Gasteiger partial charge in [0.05, 0.1) is 17.7 Å². The maximum Gasteiger partial charge on any atom is 0.416 e. The Morgan fingerprint density at radius 2 is 1.59 bits per heavy atom. The molecule has 0 radical (unpaired) electrons. The Bertz CT molecular complexity index is 1160. The van der Waals surface area contributed by atoms with E-state index in [0.717, 1.165) is 29.9 Å². The molecule has 3 rings (SSSR count). The maximum atomic E-state index is 13.3. The predicted molar refractivity (Wildman–Crippen MR) is 147 cm³/mol. The lowest BCUT2D eigenvalue weighted by Crippen LogP contribution is -2.54. The first-order valence-electron chi connectivity index (χ1n) is 13.0. The number of hydrogen-bond acceptors (Lipinski definition) is 5. The van der Waals surface area contributed by atoms with Crippen LogP contribution in [-0.4, -0.2) is 49.2 Å². The van der Waals surface area contributed by atoms with Gasteiger partial charge in [-0.25, -0.2) is 0 Å². The van der Waals surface area contributed by atoms with Gasteiger partial charge in [0.15, 0.2) is 0 Å². The molecular formula is C28H35F3N4O3S. The molecule has 1 aliphatic carbocycles. The van der Waals surface area contributed by atoms with Crippen LogP contribution in [0.2, 0.25) is 0 Å². The topological polar surface area (TPSA) is 99.3 Å². The first kappa shape index (κ1) is 30.3. The summed E-state index contributed by atoms with van der Waals surface area (Å²) in [5.74, 6) is -1.30. The molecule has 1 fully saturated rings. The van der Waals surface area contributed by atoms with Gasteiger partial charge in [-0.3, -0.25) is 14.4 Å². The number of thioether (sulfide) groups is 1. The van der Waals surface area contributed by atoms with E-state index in [1.165, 1.54) is 6.07 Å². The molecule has 4 N–H and O–H groups in total. The first-order chi connectivity index (χ1) is 18.5. The highest BCUT2D eigenvalue weighted by molar-refractivity contribution is 7.98. The zero-order valence-corrected chi connectivity index (χ0v) is 23.1. The molecule has 0 spiro atoms. The maximum absolute atomic E-state index is 13.3. The summed E-state index contributed by atoms with van der Waals surface area (Å²) in [6, 6.07) is 9.58. The fourth-order valence-electron chi connectivity index (χ4n) is 4.36. The van der Waals surface area contributed by atoms with Crippen molar-refractivity contribution in [3.63, 3.8) is 0 Å². The largest absolute Gasteiger partial charge is 0.416 e. The molecule has 2 unspecified atom stereocenters. The Balaban J connectivity index is 1.62. The minimum absolute atomic E-state index is 0.187. The molecule has 0 bridgehead atoms. The van der Waals surface area contributed by atoms with E-state index < -0.39 is 30.1 Å². The van der Waals surface area contributed by atoms with Crippen molar-refractivity contribution in [3.05, 3.63) is 59.2 Å². The molecule has 1 aliphatic rings. The van der Waals surface area contributed by atoms with Crippen molar-refractivity contribution in [1.82, 2.24) is 16.0 Å². The van der Waals surface area contributed by atoms with Gasteiger partial charge in [-0.2, -0.15) is 13.2 Å². The van der Waals surface area contributed by atoms with Crippen molar-refractivity contribution in [2.24, 2.45) is 5.92 Å². The smallest absolute Gasteiger partial charge is 0.384 e. The van der Waals surface area contributed by atoms with Crippen LogP contribution >= 0.6 is 11.8 Å². The second kappa shape index (κ2) is 13.7. The van der Waals surface area contributed by atoms with Crippen molar-refractivity contribution in [1.29, 1.82) is 0 Å². The van der Waals surface area contributed by atoms with Crippen molar-refractivity contribution in [2.45, 2.75) is 62.7 Å². The summed E-state index contributed by atoms with van der Waals surface area (Å²) >= 11 is 1.58. The van der Waals surface area contributed by atoms with E-state index in [2.05, 4.69) is 21.3 Å². The van der Waals surface area contributed by atoms with Crippen LogP contribution < -0.4 is 21.3 Å². The van der Waals surface area contributed by atoms with Crippen molar-refractivity contribution in [3.8, 4) is 0 Å². The molecule has 0 heterocycles. The molecule has 11 heteroatoms. The Morgan fingerprint density at radius 3 is 2.18 bits per heavy atom. The van der Waals surface area contributed by atoms with E-state index in [-0.39, 0.29) is 35.2 Å². The lowest BCUT2D eigenvalue weighted by molar-refractivity contribution is -0.137. The Labute approximate surface area is 231 Å². The minimum atomic E-state index is -4.61. The number of carbonyl (C=O) groups is 3. The Morgan fingerprint density at radius 1 is 0.949 bits per heavy atom. The normalized spacial score (nSPS) is 17.4. The highest BCUT2D eigenvalue weighted by Gasteiger charge is 2.32. The fourth-order valence-corrected chi connectivity index (χ4v) is 4.77. The quantitative estimate of drug-likeness (QED) is 0.302. The van der Waals surface area contributed by atoms with E-state index in [9.17, 15) is 27.6 Å². The van der Waals surface area contributed by atoms with Gasteiger partial charge >= 0.3 is 6.18 Å². The van der Waals surface area contributed by atoms with Gasteiger partial charge in [-0.1, -0.05) is 26.7 Å². The van der Waals surface area contributed by atoms with Crippen LogP contribution in [-0.2, 0) is 11.0 Å². The number of benzene rings is 2. The van der Waals surface area contributed by atoms with Gasteiger partial charge in [0.2, 0.25) is 5.91 Å². The average molecular weight is 565 g/mol. The second-order valence-corrected chi connectivity index (χ2v) is 10.9. The fraction of sp³-hybridized carbons (Fsp3) is 0.464. The standard InChI is InChI=1S/C28H35F3N4O3S/c1-17(2)15-32-22-13-10-19(28(29,30)31)14-21(22)27(38)33-16-25(36)34-23-6-4-5-7-24(23)35-26(37)18-8-11-20(39-3)12-9-18/h8-14,17,23-24,32H,4-7,15-16H2,1-3H3,(H,33,38)(H,34,36)(H,35,37). The van der Waals surface area contributed by atoms with Crippen molar-refractivity contribution >= 4 is 35.2 Å². The second-order valence-electron chi connectivity index (χ2n) is 9.98. The van der Waals surface area contributed by atoms with Crippen molar-refractivity contribution < 1.29 is 27.6 Å². The van der Waals surface area contributed by atoms with Crippen LogP contribution in [0, 0.1) is 5.92 Å². The third-order valence-corrected chi connectivity index (χ3v) is 7.23. The van der Waals surface area contributed by atoms with Crippen LogP contribution in [0.4, 0.5) is 18.9 Å². The van der Waals surface area contributed by atoms with Gasteiger partial charge in [-0.15, -0.1) is 11.8 Å². The number of amides is 3. The van der Waals surface area contributed by atoms with E-state index in [1.54, 1.807) is 23.9 Å². The van der Waals surface area contributed by atoms with Gasteiger partial charge in [-0.05, 0) is 67.5 Å². The summed E-state index contributed by atoms with van der Waals surface area (Å²) < 4.78 is 39.8. The molecular weight excluding hydrogens is 529 g/mol. The van der Waals surface area contributed by atoms with E-state index in [4.69, 9.17) is 0 Å². The monoisotopic (exact) mass is 564 g/mol. The summed E-state index contributed by atoms with van der Waals surface area (Å²) in [4.78, 5) is 39.4. The summed E-state index contributed by atoms with van der Waals surface area (Å²) in [6.07, 6.45) is 0.478. The van der Waals surface area contributed by atoms with Gasteiger partial charge in [0, 0.05) is 34.8 Å². The van der Waals surface area contributed by atoms with E-state index in [0.29, 0.717) is 24.9 Å². The molecule has 3 amide bonds. The SMILES string of the molecule is CSc1ccc(C(=O)NC2CCCCC2NC(=O)CNC(=O)c2cc(C(F)(F)F)ccc2NCC(C)C)cc1. The zero-order valence-electron chi connectivity index (χ0n) is 22.3. The molecule has 2 atom stereocenters. The van der Waals surface area contributed by atoms with Gasteiger partial charge in [0.1, 0.15) is 0 Å². The van der Waals surface area contributed by atoms with Gasteiger partial charge < -0.3 is 21.3 Å². The molecule has 0 aromatic heterocycles. The van der Waals surface area contributed by atoms with Crippen LogP contribution in [0.5, 0.6) is 0 Å². The van der Waals surface area contributed by atoms with Crippen molar-refractivity contribution in [2.75, 3.05) is 24.7 Å². The highest BCUT2D eigenvalue weighted by atomic mass is 32.2. The predicted octanol–water partition coefficient (Wildman–Crippen LogP) is 5.08. The summed E-state index contributed by atoms with van der Waals surface area (Å²) in [5.41, 5.74) is -0.349. The molecule has 2 aromatic rings. The minimum Gasteiger partial charge on any atom is -0.384 e. The zero-order chi connectivity index (χ0) is 28.6. The number of anilines is 1. The molecule has 39 heavy (non-hydrogen) atoms. The summed E-state index contributed by atoms with van der Waals surface area (Å²) in [7, 11) is 0. The number of nitrogens with one attached hydrogen (secondary N) is 4. The van der Waals surface area contributed by atoms with Crippen LogP contribution in [0.25, 0.3) is 0 Å². The molecule has 212 valence electrons. The third-order valence-electron chi connectivity index (χ3n) is 6.48. The highest BCUT2D eigenvalue weighted by Crippen LogP contribution is 2.32. The number of halogens is 3. The molecule has 7 nitrogen and oxygen atoms in total. The number of carbonyl (C=O) groups excluding carboxylic acids is 3. The molecule has 0 saturated heterocycles. The third kappa shape index (κ3) is 8.91. The molecule has 2 aromatic carbocycles. The van der Waals surface area contributed by atoms with Crippen LogP contribution in [0.1, 0.15) is 65.8 Å². The number of rotatable bonds is 10. The number of hydrogen-bond donors (Lipinski definition) is 4. The van der Waals surface area contributed by atoms with Crippen LogP contribution in [0.15, 0.2) is 47.4 Å². The summed E-state index contributed by atoms with van der Waals surface area (Å²) in [6.45, 7) is 3.92. The average Bonchev–Trinajstić information content (AvgIpc) is 2.91. The first-order valence-corrected chi connectivity index (χ1v) is 14.2. The Hall–Kier alpha value is -3.21. The van der Waals surface area contributed by atoms with E-state index in [1.807, 2.05) is 32.2 Å². The van der Waals surface area contributed by atoms with Gasteiger partial charge in [0.25, 0.3) is 11.8 Å². The molecule has 0 aliphatic heterocycles. The van der Waals surface area contributed by atoms with Crippen LogP contribution in [0.3, 0.4) is 0 Å². The van der Waals surface area contributed by atoms with E-state index >= 15 is 0 Å². The summed E-state index contributed by atoms with van der Waals surface area (Å²) in [5, 5.41) is 11.3. The lowest BCUT2D eigenvalue weighted by atomic mass is 9.90. The molecule has 1 saturated carbocycles. The number of alkyl halides is 3. The Kier molecular flexibility index (Phi) is 10.7. The lowest BCUT2D eigenvalue weighted by Gasteiger charge is -2.33.